The van der Waals surface area contributed by atoms with Crippen LogP contribution in [0.3, 0.4) is 0 Å². The van der Waals surface area contributed by atoms with Crippen LogP contribution in [0.25, 0.3) is 10.9 Å². The van der Waals surface area contributed by atoms with Crippen molar-refractivity contribution in [1.82, 2.24) is 14.8 Å². The monoisotopic (exact) mass is 458 g/mol. The van der Waals surface area contributed by atoms with Crippen molar-refractivity contribution < 1.29 is 18.0 Å². The van der Waals surface area contributed by atoms with E-state index in [2.05, 4.69) is 22.3 Å². The van der Waals surface area contributed by atoms with E-state index in [0.717, 1.165) is 31.6 Å². The number of benzene rings is 1. The fourth-order valence-electron chi connectivity index (χ4n) is 4.48. The molecule has 1 aromatic carbocycles. The highest BCUT2D eigenvalue weighted by atomic mass is 19.3. The van der Waals surface area contributed by atoms with Gasteiger partial charge in [0.25, 0.3) is 12.3 Å². The molecule has 2 aromatic heterocycles. The van der Waals surface area contributed by atoms with Gasteiger partial charge in [0, 0.05) is 17.1 Å². The van der Waals surface area contributed by atoms with Gasteiger partial charge in [0.2, 0.25) is 0 Å². The molecule has 5 nitrogen and oxygen atoms in total. The molecule has 176 valence electrons. The summed E-state index contributed by atoms with van der Waals surface area (Å²) in [6, 6.07) is 7.54. The minimum absolute atomic E-state index is 0.00320. The maximum absolute atomic E-state index is 14.2. The molecule has 4 rings (SSSR count). The van der Waals surface area contributed by atoms with Gasteiger partial charge in [-0.1, -0.05) is 19.4 Å². The maximum atomic E-state index is 14.2. The number of anilines is 1. The summed E-state index contributed by atoms with van der Waals surface area (Å²) >= 11 is 0. The summed E-state index contributed by atoms with van der Waals surface area (Å²) in [4.78, 5) is 16.8. The van der Waals surface area contributed by atoms with Crippen molar-refractivity contribution >= 4 is 22.5 Å². The van der Waals surface area contributed by atoms with Gasteiger partial charge in [0.15, 0.2) is 0 Å². The summed E-state index contributed by atoms with van der Waals surface area (Å²) in [5, 5.41) is 7.78. The number of halogens is 3. The van der Waals surface area contributed by atoms with Crippen LogP contribution in [0.1, 0.15) is 87.1 Å². The van der Waals surface area contributed by atoms with Crippen LogP contribution in [-0.2, 0) is 5.67 Å². The first-order valence-corrected chi connectivity index (χ1v) is 11.4. The Hall–Kier alpha value is -2.90. The number of carbonyl (C=O) groups excluding carboxylic acids is 1. The lowest BCUT2D eigenvalue weighted by Crippen LogP contribution is -2.18. The summed E-state index contributed by atoms with van der Waals surface area (Å²) in [6.07, 6.45) is 4.57. The van der Waals surface area contributed by atoms with E-state index >= 15 is 0 Å². The van der Waals surface area contributed by atoms with Gasteiger partial charge in [0.1, 0.15) is 11.4 Å². The Morgan fingerprint density at radius 1 is 1.21 bits per heavy atom. The third-order valence-corrected chi connectivity index (χ3v) is 6.54. The molecule has 1 fully saturated rings. The molecule has 1 aliphatic rings. The Morgan fingerprint density at radius 2 is 1.94 bits per heavy atom. The Kier molecular flexibility index (Phi) is 6.45. The molecule has 1 saturated carbocycles. The van der Waals surface area contributed by atoms with Crippen LogP contribution in [0.4, 0.5) is 18.9 Å². The molecule has 0 saturated heterocycles. The van der Waals surface area contributed by atoms with E-state index in [1.54, 1.807) is 0 Å². The Bertz CT molecular complexity index is 1140. The molecule has 3 aromatic rings. The number of hydrogen-bond donors (Lipinski definition) is 1. The van der Waals surface area contributed by atoms with Crippen molar-refractivity contribution in [3.05, 3.63) is 53.5 Å². The molecule has 1 N–H and O–H groups in total. The van der Waals surface area contributed by atoms with E-state index < -0.39 is 18.0 Å². The average molecular weight is 459 g/mol. The van der Waals surface area contributed by atoms with Crippen LogP contribution < -0.4 is 5.32 Å². The van der Waals surface area contributed by atoms with Crippen molar-refractivity contribution in [3.8, 4) is 0 Å². The minimum atomic E-state index is -2.79. The molecule has 1 amide bonds. The number of pyridine rings is 1. The topological polar surface area (TPSA) is 59.8 Å². The Labute approximate surface area is 191 Å². The standard InChI is InChI=1S/C25H29F3N4O/c1-4-15-8-10-17(11-9-15)32-14-16-12-21(18(23(26)27)13-20(16)31-32)30-24(33)19-6-5-7-22(29-19)25(2,3)28/h5-7,12-15,17,23H,4,8-11H2,1-3H3,(H,30,33). The molecule has 0 bridgehead atoms. The van der Waals surface area contributed by atoms with E-state index in [4.69, 9.17) is 0 Å². The Balaban J connectivity index is 1.62. The number of amides is 1. The van der Waals surface area contributed by atoms with Gasteiger partial charge in [-0.05, 0) is 69.7 Å². The number of alkyl halides is 3. The first kappa shape index (κ1) is 23.3. The first-order valence-electron chi connectivity index (χ1n) is 11.4. The van der Waals surface area contributed by atoms with E-state index in [9.17, 15) is 18.0 Å². The highest BCUT2D eigenvalue weighted by Crippen LogP contribution is 2.36. The predicted octanol–water partition coefficient (Wildman–Crippen LogP) is 6.97. The molecule has 0 unspecified atom stereocenters. The highest BCUT2D eigenvalue weighted by molar-refractivity contribution is 6.04. The molecule has 0 radical (unpaired) electrons. The van der Waals surface area contributed by atoms with Crippen molar-refractivity contribution in [2.45, 2.75) is 71.0 Å². The number of aromatic nitrogens is 3. The third-order valence-electron chi connectivity index (χ3n) is 6.54. The number of fused-ring (bicyclic) bond motifs is 1. The van der Waals surface area contributed by atoms with Gasteiger partial charge in [0.05, 0.1) is 22.9 Å². The molecule has 2 heterocycles. The molecular formula is C25H29F3N4O. The fourth-order valence-corrected chi connectivity index (χ4v) is 4.48. The normalized spacial score (nSPS) is 19.2. The van der Waals surface area contributed by atoms with Gasteiger partial charge < -0.3 is 5.32 Å². The lowest BCUT2D eigenvalue weighted by molar-refractivity contribution is 0.102. The summed E-state index contributed by atoms with van der Waals surface area (Å²) in [7, 11) is 0. The molecule has 0 spiro atoms. The molecule has 1 aliphatic carbocycles. The van der Waals surface area contributed by atoms with Gasteiger partial charge in [-0.3, -0.25) is 9.48 Å². The predicted molar refractivity (Wildman–Crippen MR) is 122 cm³/mol. The molecule has 0 atom stereocenters. The average Bonchev–Trinajstić information content (AvgIpc) is 3.21. The summed E-state index contributed by atoms with van der Waals surface area (Å²) < 4.78 is 43.8. The number of nitrogens with one attached hydrogen (secondary N) is 1. The van der Waals surface area contributed by atoms with Crippen LogP contribution in [0.5, 0.6) is 0 Å². The van der Waals surface area contributed by atoms with Crippen LogP contribution in [0.2, 0.25) is 0 Å². The molecule has 8 heteroatoms. The van der Waals surface area contributed by atoms with E-state index in [-0.39, 0.29) is 28.7 Å². The number of rotatable bonds is 6. The van der Waals surface area contributed by atoms with Crippen LogP contribution in [0, 0.1) is 5.92 Å². The Morgan fingerprint density at radius 3 is 2.58 bits per heavy atom. The van der Waals surface area contributed by atoms with E-state index in [1.807, 2.05) is 10.9 Å². The smallest absolute Gasteiger partial charge is 0.274 e. The van der Waals surface area contributed by atoms with E-state index in [1.165, 1.54) is 50.6 Å². The van der Waals surface area contributed by atoms with Crippen molar-refractivity contribution in [2.24, 2.45) is 5.92 Å². The minimum Gasteiger partial charge on any atom is -0.320 e. The largest absolute Gasteiger partial charge is 0.320 e. The van der Waals surface area contributed by atoms with Gasteiger partial charge >= 0.3 is 0 Å². The van der Waals surface area contributed by atoms with Crippen LogP contribution >= 0.6 is 0 Å². The highest BCUT2D eigenvalue weighted by Gasteiger charge is 2.25. The molecular weight excluding hydrogens is 429 g/mol. The summed E-state index contributed by atoms with van der Waals surface area (Å²) in [6.45, 7) is 4.89. The van der Waals surface area contributed by atoms with Crippen molar-refractivity contribution in [3.63, 3.8) is 0 Å². The van der Waals surface area contributed by atoms with Crippen molar-refractivity contribution in [2.75, 3.05) is 5.32 Å². The van der Waals surface area contributed by atoms with Crippen LogP contribution in [0.15, 0.2) is 36.5 Å². The van der Waals surface area contributed by atoms with E-state index in [0.29, 0.717) is 10.9 Å². The van der Waals surface area contributed by atoms with Gasteiger partial charge in [-0.25, -0.2) is 18.2 Å². The van der Waals surface area contributed by atoms with Gasteiger partial charge in [-0.15, -0.1) is 0 Å². The number of nitrogens with zero attached hydrogens (tertiary/aromatic N) is 3. The zero-order valence-electron chi connectivity index (χ0n) is 19.1. The maximum Gasteiger partial charge on any atom is 0.274 e. The van der Waals surface area contributed by atoms with Crippen LogP contribution in [-0.4, -0.2) is 20.7 Å². The quantitative estimate of drug-likeness (QED) is 0.434. The second-order valence-corrected chi connectivity index (χ2v) is 9.33. The second kappa shape index (κ2) is 9.15. The molecule has 33 heavy (non-hydrogen) atoms. The zero-order valence-corrected chi connectivity index (χ0v) is 19.1. The third kappa shape index (κ3) is 5.04. The zero-order chi connectivity index (χ0) is 23.8. The number of carbonyl (C=O) groups is 1. The number of hydrogen-bond acceptors (Lipinski definition) is 3. The summed E-state index contributed by atoms with van der Waals surface area (Å²) in [5.41, 5.74) is -1.50. The molecule has 0 aliphatic heterocycles. The second-order valence-electron chi connectivity index (χ2n) is 9.33. The van der Waals surface area contributed by atoms with Crippen molar-refractivity contribution in [1.29, 1.82) is 0 Å². The SMILES string of the molecule is CCC1CCC(n2cc3cc(NC(=O)c4cccc(C(C)(C)F)n4)c(C(F)F)cc3n2)CC1. The summed E-state index contributed by atoms with van der Waals surface area (Å²) in [5.74, 6) is 0.0705. The fraction of sp³-hybridized carbons (Fsp3) is 0.480. The first-order chi connectivity index (χ1) is 15.7. The lowest BCUT2D eigenvalue weighted by Gasteiger charge is -2.27. The van der Waals surface area contributed by atoms with Gasteiger partial charge in [-0.2, -0.15) is 5.10 Å². The lowest BCUT2D eigenvalue weighted by atomic mass is 9.85.